The highest BCUT2D eigenvalue weighted by Crippen LogP contribution is 2.34. The Balaban J connectivity index is 1.72. The summed E-state index contributed by atoms with van der Waals surface area (Å²) in [6.07, 6.45) is 8.15. The van der Waals surface area contributed by atoms with E-state index in [1.165, 1.54) is 62.7 Å². The summed E-state index contributed by atoms with van der Waals surface area (Å²) in [5, 5.41) is 3.91. The summed E-state index contributed by atoms with van der Waals surface area (Å²) in [5.41, 5.74) is 3.25. The Morgan fingerprint density at radius 2 is 1.90 bits per heavy atom. The molecule has 1 aromatic rings. The Morgan fingerprint density at radius 1 is 1.19 bits per heavy atom. The first kappa shape index (κ1) is 15.1. The molecule has 1 saturated carbocycles. The normalized spacial score (nSPS) is 25.5. The summed E-state index contributed by atoms with van der Waals surface area (Å²) in [5.74, 6) is 0. The van der Waals surface area contributed by atoms with Gasteiger partial charge >= 0.3 is 0 Å². The number of rotatable bonds is 4. The van der Waals surface area contributed by atoms with E-state index in [1.54, 1.807) is 0 Å². The van der Waals surface area contributed by atoms with Gasteiger partial charge < -0.3 is 5.32 Å². The van der Waals surface area contributed by atoms with Gasteiger partial charge in [-0.05, 0) is 31.7 Å². The Kier molecular flexibility index (Phi) is 4.66. The molecule has 21 heavy (non-hydrogen) atoms. The molecule has 2 nitrogen and oxygen atoms in total. The third-order valence-corrected chi connectivity index (χ3v) is 5.42. The molecular weight excluding hydrogens is 256 g/mol. The molecule has 116 valence electrons. The minimum Gasteiger partial charge on any atom is -0.308 e. The van der Waals surface area contributed by atoms with E-state index in [2.05, 4.69) is 48.3 Å². The molecule has 0 amide bonds. The second-order valence-corrected chi connectivity index (χ2v) is 7.20. The number of benzene rings is 1. The van der Waals surface area contributed by atoms with E-state index < -0.39 is 0 Å². The van der Waals surface area contributed by atoms with Crippen molar-refractivity contribution in [3.05, 3.63) is 35.4 Å². The second kappa shape index (κ2) is 6.50. The van der Waals surface area contributed by atoms with Gasteiger partial charge in [-0.2, -0.15) is 0 Å². The maximum atomic E-state index is 3.91. The van der Waals surface area contributed by atoms with Crippen molar-refractivity contribution in [2.24, 2.45) is 0 Å². The molecule has 2 fully saturated rings. The van der Waals surface area contributed by atoms with Crippen LogP contribution in [0.5, 0.6) is 0 Å². The monoisotopic (exact) mass is 286 g/mol. The Labute approximate surface area is 129 Å². The van der Waals surface area contributed by atoms with Gasteiger partial charge in [0, 0.05) is 31.2 Å². The first-order chi connectivity index (χ1) is 10.2. The number of hydrogen-bond acceptors (Lipinski definition) is 2. The van der Waals surface area contributed by atoms with Crippen molar-refractivity contribution in [2.75, 3.05) is 13.1 Å². The molecule has 0 radical (unpaired) electrons. The lowest BCUT2D eigenvalue weighted by Gasteiger charge is -2.46. The molecule has 1 spiro atoms. The summed E-state index contributed by atoms with van der Waals surface area (Å²) in [6, 6.07) is 9.82. The molecule has 3 rings (SSSR count). The molecule has 1 aliphatic heterocycles. The maximum absolute atomic E-state index is 3.91. The third kappa shape index (κ3) is 3.49. The van der Waals surface area contributed by atoms with Crippen LogP contribution in [0.25, 0.3) is 0 Å². The Morgan fingerprint density at radius 3 is 2.57 bits per heavy atom. The van der Waals surface area contributed by atoms with Crippen molar-refractivity contribution in [3.8, 4) is 0 Å². The fourth-order valence-corrected chi connectivity index (χ4v) is 4.15. The molecule has 2 heteroatoms. The second-order valence-electron chi connectivity index (χ2n) is 7.20. The van der Waals surface area contributed by atoms with E-state index in [1.807, 2.05) is 0 Å². The number of hydrogen-bond donors (Lipinski definition) is 1. The summed E-state index contributed by atoms with van der Waals surface area (Å²) in [7, 11) is 0. The van der Waals surface area contributed by atoms with Crippen LogP contribution in [0.2, 0.25) is 0 Å². The zero-order valence-electron chi connectivity index (χ0n) is 13.7. The average Bonchev–Trinajstić information content (AvgIpc) is 2.93. The van der Waals surface area contributed by atoms with Crippen LogP contribution in [-0.2, 0) is 6.54 Å². The molecule has 1 aromatic carbocycles. The molecule has 1 N–H and O–H groups in total. The van der Waals surface area contributed by atoms with Gasteiger partial charge in [0.25, 0.3) is 0 Å². The van der Waals surface area contributed by atoms with Crippen LogP contribution in [0, 0.1) is 6.92 Å². The van der Waals surface area contributed by atoms with Crippen molar-refractivity contribution in [1.82, 2.24) is 10.2 Å². The predicted octanol–water partition coefficient (Wildman–Crippen LogP) is 3.88. The molecule has 1 atom stereocenters. The van der Waals surface area contributed by atoms with Gasteiger partial charge in [0.05, 0.1) is 0 Å². The fourth-order valence-electron chi connectivity index (χ4n) is 4.15. The number of nitrogens with one attached hydrogen (secondary N) is 1. The van der Waals surface area contributed by atoms with E-state index in [0.717, 1.165) is 6.54 Å². The number of nitrogens with zero attached hydrogens (tertiary/aromatic N) is 1. The topological polar surface area (TPSA) is 15.3 Å². The zero-order valence-corrected chi connectivity index (χ0v) is 13.7. The Hall–Kier alpha value is -0.860. The lowest BCUT2D eigenvalue weighted by Crippen LogP contribution is -2.62. The minimum absolute atomic E-state index is 0.426. The summed E-state index contributed by atoms with van der Waals surface area (Å²) >= 11 is 0. The van der Waals surface area contributed by atoms with Crippen LogP contribution in [0.3, 0.4) is 0 Å². The van der Waals surface area contributed by atoms with Crippen molar-refractivity contribution in [1.29, 1.82) is 0 Å². The van der Waals surface area contributed by atoms with Crippen LogP contribution in [0.4, 0.5) is 0 Å². The Bertz CT molecular complexity index is 445. The zero-order chi connectivity index (χ0) is 14.7. The van der Waals surface area contributed by atoms with Crippen molar-refractivity contribution < 1.29 is 0 Å². The van der Waals surface area contributed by atoms with Gasteiger partial charge in [-0.1, -0.05) is 56.0 Å². The smallest absolute Gasteiger partial charge is 0.0309 e. The van der Waals surface area contributed by atoms with Crippen LogP contribution in [0.15, 0.2) is 24.3 Å². The molecule has 1 unspecified atom stereocenters. The predicted molar refractivity (Wildman–Crippen MR) is 89.5 cm³/mol. The summed E-state index contributed by atoms with van der Waals surface area (Å²) < 4.78 is 0. The van der Waals surface area contributed by atoms with Crippen LogP contribution in [-0.4, -0.2) is 29.6 Å². The highest BCUT2D eigenvalue weighted by molar-refractivity contribution is 5.21. The molecule has 1 saturated heterocycles. The van der Waals surface area contributed by atoms with Crippen molar-refractivity contribution in [3.63, 3.8) is 0 Å². The van der Waals surface area contributed by atoms with E-state index in [9.17, 15) is 0 Å². The summed E-state index contributed by atoms with van der Waals surface area (Å²) in [6.45, 7) is 8.02. The highest BCUT2D eigenvalue weighted by atomic mass is 15.3. The largest absolute Gasteiger partial charge is 0.308 e. The highest BCUT2D eigenvalue weighted by Gasteiger charge is 2.40. The van der Waals surface area contributed by atoms with Gasteiger partial charge in [0.2, 0.25) is 0 Å². The van der Waals surface area contributed by atoms with E-state index in [-0.39, 0.29) is 0 Å². The maximum Gasteiger partial charge on any atom is 0.0309 e. The lowest BCUT2D eigenvalue weighted by atomic mass is 9.91. The van der Waals surface area contributed by atoms with Crippen LogP contribution >= 0.6 is 0 Å². The van der Waals surface area contributed by atoms with E-state index in [0.29, 0.717) is 11.6 Å². The quantitative estimate of drug-likeness (QED) is 0.903. The number of aryl methyl sites for hydroxylation is 1. The minimum atomic E-state index is 0.426. The number of piperazine rings is 1. The van der Waals surface area contributed by atoms with E-state index in [4.69, 9.17) is 0 Å². The fraction of sp³-hybridized carbons (Fsp3) is 0.684. The van der Waals surface area contributed by atoms with Gasteiger partial charge in [-0.3, -0.25) is 4.90 Å². The van der Waals surface area contributed by atoms with E-state index >= 15 is 0 Å². The van der Waals surface area contributed by atoms with Crippen molar-refractivity contribution >= 4 is 0 Å². The summed E-state index contributed by atoms with van der Waals surface area (Å²) in [4.78, 5) is 2.76. The standard InChI is InChI=1S/C19H30N2/c1-3-6-18-13-20-19(11-4-5-12-19)15-21(18)14-17-9-7-16(2)8-10-17/h7-10,18,20H,3-6,11-15H2,1-2H3. The van der Waals surface area contributed by atoms with Gasteiger partial charge in [-0.25, -0.2) is 0 Å². The van der Waals surface area contributed by atoms with Gasteiger partial charge in [-0.15, -0.1) is 0 Å². The SMILES string of the molecule is CCCC1CNC2(CCCC2)CN1Cc1ccc(C)cc1. The first-order valence-corrected chi connectivity index (χ1v) is 8.75. The average molecular weight is 286 g/mol. The molecule has 0 aromatic heterocycles. The van der Waals surface area contributed by atoms with Crippen LogP contribution < -0.4 is 5.32 Å². The molecule has 1 aliphatic carbocycles. The first-order valence-electron chi connectivity index (χ1n) is 8.75. The molecule has 0 bridgehead atoms. The van der Waals surface area contributed by atoms with Gasteiger partial charge in [0.1, 0.15) is 0 Å². The van der Waals surface area contributed by atoms with Crippen molar-refractivity contribution in [2.45, 2.75) is 70.5 Å². The van der Waals surface area contributed by atoms with Crippen LogP contribution in [0.1, 0.15) is 56.6 Å². The molecular formula is C19H30N2. The lowest BCUT2D eigenvalue weighted by molar-refractivity contribution is 0.0690. The molecule has 1 heterocycles. The molecule has 2 aliphatic rings. The third-order valence-electron chi connectivity index (χ3n) is 5.42. The van der Waals surface area contributed by atoms with Gasteiger partial charge in [0.15, 0.2) is 0 Å².